The predicted octanol–water partition coefficient (Wildman–Crippen LogP) is 2.58. The zero-order valence-electron chi connectivity index (χ0n) is 12.4. The van der Waals surface area contributed by atoms with Crippen molar-refractivity contribution in [1.82, 2.24) is 14.8 Å². The molecule has 3 aromatic rings. The molecule has 116 valence electrons. The van der Waals surface area contributed by atoms with Crippen LogP contribution in [0.2, 0.25) is 5.02 Å². The second kappa shape index (κ2) is 6.22. The monoisotopic (exact) mass is 327 g/mol. The van der Waals surface area contributed by atoms with Gasteiger partial charge in [0.05, 0.1) is 16.4 Å². The van der Waals surface area contributed by atoms with Gasteiger partial charge in [0.2, 0.25) is 5.78 Å². The summed E-state index contributed by atoms with van der Waals surface area (Å²) in [6.07, 6.45) is 0.517. The third kappa shape index (κ3) is 3.10. The number of rotatable bonds is 4. The molecule has 6 heteroatoms. The van der Waals surface area contributed by atoms with Crippen molar-refractivity contribution >= 4 is 17.4 Å². The lowest BCUT2D eigenvalue weighted by molar-refractivity contribution is 0.103. The number of aromatic amines is 1. The Kier molecular flexibility index (Phi) is 4.12. The minimum Gasteiger partial charge on any atom is -0.345 e. The number of carbonyl (C=O) groups excluding carboxylic acids is 1. The first-order valence-corrected chi connectivity index (χ1v) is 7.42. The van der Waals surface area contributed by atoms with Crippen LogP contribution in [0, 0.1) is 0 Å². The van der Waals surface area contributed by atoms with Crippen molar-refractivity contribution in [3.63, 3.8) is 0 Å². The first-order valence-electron chi connectivity index (χ1n) is 7.04. The minimum atomic E-state index is -0.241. The minimum absolute atomic E-state index is 0.126. The quantitative estimate of drug-likeness (QED) is 0.749. The zero-order valence-corrected chi connectivity index (χ0v) is 13.2. The highest BCUT2D eigenvalue weighted by Crippen LogP contribution is 2.20. The van der Waals surface area contributed by atoms with Crippen molar-refractivity contribution in [3.05, 3.63) is 86.6 Å². The van der Waals surface area contributed by atoms with Crippen molar-refractivity contribution in [1.29, 1.82) is 0 Å². The van der Waals surface area contributed by atoms with Crippen LogP contribution < -0.4 is 5.56 Å². The molecule has 0 aliphatic rings. The van der Waals surface area contributed by atoms with E-state index in [0.29, 0.717) is 22.7 Å². The summed E-state index contributed by atoms with van der Waals surface area (Å²) < 4.78 is 1.82. The number of H-pyrrole nitrogens is 1. The molecule has 0 bridgehead atoms. The molecule has 0 unspecified atom stereocenters. The van der Waals surface area contributed by atoms with Crippen molar-refractivity contribution < 1.29 is 4.79 Å². The van der Waals surface area contributed by atoms with Gasteiger partial charge in [0.15, 0.2) is 0 Å². The smallest absolute Gasteiger partial charge is 0.264 e. The summed E-state index contributed by atoms with van der Waals surface area (Å²) in [5.74, 6) is -0.126. The number of aromatic nitrogens is 3. The fourth-order valence-electron chi connectivity index (χ4n) is 2.40. The van der Waals surface area contributed by atoms with Gasteiger partial charge in [-0.3, -0.25) is 9.59 Å². The normalized spacial score (nSPS) is 10.7. The Morgan fingerprint density at radius 2 is 1.96 bits per heavy atom. The maximum absolute atomic E-state index is 12.6. The van der Waals surface area contributed by atoms with Crippen LogP contribution in [0.1, 0.15) is 27.4 Å². The van der Waals surface area contributed by atoms with Crippen LogP contribution in [-0.2, 0) is 13.5 Å². The number of halogens is 1. The van der Waals surface area contributed by atoms with Crippen molar-refractivity contribution in [2.75, 3.05) is 0 Å². The van der Waals surface area contributed by atoms with E-state index in [1.54, 1.807) is 36.4 Å². The molecular formula is C17H14ClN3O2. The maximum atomic E-state index is 12.6. The SMILES string of the molecule is Cn1c(Cc2ccc(=O)[nH]n2)ccc1C(=O)c1ccccc1Cl. The highest BCUT2D eigenvalue weighted by Gasteiger charge is 2.17. The van der Waals surface area contributed by atoms with Crippen LogP contribution >= 0.6 is 11.6 Å². The molecule has 0 saturated heterocycles. The van der Waals surface area contributed by atoms with Crippen LogP contribution in [0.4, 0.5) is 0 Å². The van der Waals surface area contributed by atoms with Crippen LogP contribution in [0.3, 0.4) is 0 Å². The number of benzene rings is 1. The number of nitrogens with one attached hydrogen (secondary N) is 1. The van der Waals surface area contributed by atoms with Crippen LogP contribution in [0.15, 0.2) is 53.3 Å². The molecule has 5 nitrogen and oxygen atoms in total. The first-order chi connectivity index (χ1) is 11.1. The average Bonchev–Trinajstić information content (AvgIpc) is 2.90. The number of hydrogen-bond acceptors (Lipinski definition) is 3. The largest absolute Gasteiger partial charge is 0.345 e. The molecule has 1 aromatic carbocycles. The van der Waals surface area contributed by atoms with E-state index >= 15 is 0 Å². The van der Waals surface area contributed by atoms with E-state index in [0.717, 1.165) is 11.4 Å². The Hall–Kier alpha value is -2.66. The average molecular weight is 328 g/mol. The fraction of sp³-hybridized carbons (Fsp3) is 0.118. The van der Waals surface area contributed by atoms with Crippen LogP contribution in [0.5, 0.6) is 0 Å². The summed E-state index contributed by atoms with van der Waals surface area (Å²) in [5.41, 5.74) is 2.43. The van der Waals surface area contributed by atoms with Crippen LogP contribution in [-0.4, -0.2) is 20.5 Å². The lowest BCUT2D eigenvalue weighted by Gasteiger charge is -2.08. The third-order valence-corrected chi connectivity index (χ3v) is 4.01. The first kappa shape index (κ1) is 15.2. The maximum Gasteiger partial charge on any atom is 0.264 e. The Morgan fingerprint density at radius 1 is 1.17 bits per heavy atom. The summed E-state index contributed by atoms with van der Waals surface area (Å²) in [6.45, 7) is 0. The molecule has 3 rings (SSSR count). The van der Waals surface area contributed by atoms with Gasteiger partial charge in [-0.05, 0) is 30.3 Å². The summed E-state index contributed by atoms with van der Waals surface area (Å²) in [6, 6.07) is 13.7. The third-order valence-electron chi connectivity index (χ3n) is 3.68. The van der Waals surface area contributed by atoms with Gasteiger partial charge in [-0.1, -0.05) is 23.7 Å². The molecule has 0 aliphatic heterocycles. The summed E-state index contributed by atoms with van der Waals surface area (Å²) >= 11 is 6.10. The van der Waals surface area contributed by atoms with E-state index in [9.17, 15) is 9.59 Å². The van der Waals surface area contributed by atoms with Gasteiger partial charge in [0.25, 0.3) is 5.56 Å². The molecule has 1 N–H and O–H groups in total. The van der Waals surface area contributed by atoms with E-state index in [-0.39, 0.29) is 11.3 Å². The summed E-state index contributed by atoms with van der Waals surface area (Å²) in [5, 5.41) is 6.82. The molecule has 0 radical (unpaired) electrons. The van der Waals surface area contributed by atoms with Crippen molar-refractivity contribution in [2.45, 2.75) is 6.42 Å². The molecule has 2 heterocycles. The number of carbonyl (C=O) groups is 1. The van der Waals surface area contributed by atoms with Gasteiger partial charge in [-0.25, -0.2) is 5.10 Å². The molecule has 0 atom stereocenters. The zero-order chi connectivity index (χ0) is 16.4. The van der Waals surface area contributed by atoms with Gasteiger partial charge in [-0.2, -0.15) is 5.10 Å². The molecular weight excluding hydrogens is 314 g/mol. The van der Waals surface area contributed by atoms with E-state index in [1.165, 1.54) is 6.07 Å². The molecule has 0 aliphatic carbocycles. The fourth-order valence-corrected chi connectivity index (χ4v) is 2.62. The molecule has 23 heavy (non-hydrogen) atoms. The highest BCUT2D eigenvalue weighted by molar-refractivity contribution is 6.34. The Bertz CT molecular complexity index is 907. The van der Waals surface area contributed by atoms with Gasteiger partial charge in [0, 0.05) is 30.8 Å². The number of hydrogen-bond donors (Lipinski definition) is 1. The van der Waals surface area contributed by atoms with Gasteiger partial charge in [0.1, 0.15) is 0 Å². The Labute approximate surface area is 137 Å². The van der Waals surface area contributed by atoms with Crippen molar-refractivity contribution in [3.8, 4) is 0 Å². The van der Waals surface area contributed by atoms with Gasteiger partial charge < -0.3 is 4.57 Å². The summed E-state index contributed by atoms with van der Waals surface area (Å²) in [7, 11) is 1.82. The highest BCUT2D eigenvalue weighted by atomic mass is 35.5. The van der Waals surface area contributed by atoms with E-state index in [2.05, 4.69) is 10.2 Å². The lowest BCUT2D eigenvalue weighted by Crippen LogP contribution is -2.11. The van der Waals surface area contributed by atoms with E-state index < -0.39 is 0 Å². The topological polar surface area (TPSA) is 67.8 Å². The number of nitrogens with zero attached hydrogens (tertiary/aromatic N) is 2. The standard InChI is InChI=1S/C17H14ClN3O2/c1-21-12(10-11-6-9-16(22)20-19-11)7-8-15(21)17(23)13-4-2-3-5-14(13)18/h2-9H,10H2,1H3,(H,20,22). The lowest BCUT2D eigenvalue weighted by atomic mass is 10.1. The van der Waals surface area contributed by atoms with Gasteiger partial charge >= 0.3 is 0 Å². The summed E-state index contributed by atoms with van der Waals surface area (Å²) in [4.78, 5) is 23.7. The van der Waals surface area contributed by atoms with Crippen LogP contribution in [0.25, 0.3) is 0 Å². The molecule has 0 saturated carbocycles. The molecule has 0 spiro atoms. The van der Waals surface area contributed by atoms with E-state index in [4.69, 9.17) is 11.6 Å². The van der Waals surface area contributed by atoms with Crippen molar-refractivity contribution in [2.24, 2.45) is 7.05 Å². The Balaban J connectivity index is 1.90. The Morgan fingerprint density at radius 3 is 2.65 bits per heavy atom. The number of ketones is 1. The van der Waals surface area contributed by atoms with Gasteiger partial charge in [-0.15, -0.1) is 0 Å². The molecule has 2 aromatic heterocycles. The molecule has 0 amide bonds. The predicted molar refractivity (Wildman–Crippen MR) is 88.0 cm³/mol. The second-order valence-electron chi connectivity index (χ2n) is 5.17. The van der Waals surface area contributed by atoms with E-state index in [1.807, 2.05) is 17.7 Å². The second-order valence-corrected chi connectivity index (χ2v) is 5.57. The molecule has 0 fully saturated rings.